The quantitative estimate of drug-likeness (QED) is 0.494. The molecule has 1 aliphatic carbocycles. The second-order valence-electron chi connectivity index (χ2n) is 8.45. The van der Waals surface area contributed by atoms with E-state index in [4.69, 9.17) is 0 Å². The van der Waals surface area contributed by atoms with Gasteiger partial charge < -0.3 is 10.2 Å². The predicted molar refractivity (Wildman–Crippen MR) is 113 cm³/mol. The molecule has 2 aliphatic rings. The zero-order chi connectivity index (χ0) is 22.9. The third kappa shape index (κ3) is 4.87. The lowest BCUT2D eigenvalue weighted by Crippen LogP contribution is -2.42. The number of nitro benzene ring substituents is 1. The molecule has 1 saturated heterocycles. The molecule has 1 saturated carbocycles. The maximum Gasteiger partial charge on any atom is 0.416 e. The molecule has 1 heterocycles. The number of carbonyl (C=O) groups excluding carboxylic acids is 1. The van der Waals surface area contributed by atoms with Crippen molar-refractivity contribution in [2.75, 3.05) is 18.0 Å². The van der Waals surface area contributed by atoms with E-state index >= 15 is 0 Å². The van der Waals surface area contributed by atoms with Gasteiger partial charge in [-0.15, -0.1) is 0 Å². The molecule has 9 heteroatoms. The number of carbonyl (C=O) groups is 1. The van der Waals surface area contributed by atoms with Gasteiger partial charge in [0.15, 0.2) is 0 Å². The van der Waals surface area contributed by atoms with E-state index in [9.17, 15) is 28.1 Å². The minimum atomic E-state index is -4.65. The maximum atomic E-state index is 13.0. The van der Waals surface area contributed by atoms with Gasteiger partial charge in [-0.2, -0.15) is 13.2 Å². The lowest BCUT2D eigenvalue weighted by Gasteiger charge is -2.33. The number of nitrogens with one attached hydrogen (secondary N) is 1. The lowest BCUT2D eigenvalue weighted by atomic mass is 9.93. The van der Waals surface area contributed by atoms with Crippen LogP contribution in [0, 0.1) is 22.0 Å². The fraction of sp³-hybridized carbons (Fsp3) is 0.435. The summed E-state index contributed by atoms with van der Waals surface area (Å²) in [7, 11) is 0. The molecule has 4 rings (SSSR count). The van der Waals surface area contributed by atoms with Crippen LogP contribution in [0.15, 0.2) is 48.5 Å². The topological polar surface area (TPSA) is 75.5 Å². The van der Waals surface area contributed by atoms with Crippen LogP contribution in [0.3, 0.4) is 0 Å². The Morgan fingerprint density at radius 3 is 2.28 bits per heavy atom. The van der Waals surface area contributed by atoms with Crippen LogP contribution in [-0.2, 0) is 11.0 Å². The molecule has 1 atom stereocenters. The Hall–Kier alpha value is -3.10. The first-order valence-corrected chi connectivity index (χ1v) is 10.7. The van der Waals surface area contributed by atoms with Gasteiger partial charge in [0.25, 0.3) is 5.69 Å². The smallest absolute Gasteiger partial charge is 0.366 e. The molecule has 2 aromatic carbocycles. The Morgan fingerprint density at radius 1 is 1.06 bits per heavy atom. The molecule has 0 aromatic heterocycles. The molecule has 1 aliphatic heterocycles. The SMILES string of the molecule is O=C(NC(c1ccccc1)C1CC1)C1CCN(c2ccc(C(F)(F)F)cc2[N+](=O)[O-])CC1. The monoisotopic (exact) mass is 447 g/mol. The van der Waals surface area contributed by atoms with Crippen LogP contribution >= 0.6 is 0 Å². The first-order chi connectivity index (χ1) is 15.2. The molecule has 1 unspecified atom stereocenters. The average Bonchev–Trinajstić information content (AvgIpc) is 3.62. The van der Waals surface area contributed by atoms with Crippen molar-refractivity contribution in [2.45, 2.75) is 37.9 Å². The Labute approximate surface area is 183 Å². The number of benzene rings is 2. The van der Waals surface area contributed by atoms with E-state index in [0.29, 0.717) is 37.9 Å². The molecular formula is C23H24F3N3O3. The zero-order valence-corrected chi connectivity index (χ0v) is 17.3. The van der Waals surface area contributed by atoms with Crippen molar-refractivity contribution >= 4 is 17.3 Å². The summed E-state index contributed by atoms with van der Waals surface area (Å²) in [5.74, 6) is 0.174. The van der Waals surface area contributed by atoms with Crippen LogP contribution in [0.2, 0.25) is 0 Å². The fourth-order valence-corrected chi connectivity index (χ4v) is 4.33. The van der Waals surface area contributed by atoms with Gasteiger partial charge in [-0.05, 0) is 49.3 Å². The van der Waals surface area contributed by atoms with Gasteiger partial charge in [0, 0.05) is 25.1 Å². The van der Waals surface area contributed by atoms with Crippen LogP contribution < -0.4 is 10.2 Å². The highest BCUT2D eigenvalue weighted by atomic mass is 19.4. The van der Waals surface area contributed by atoms with Gasteiger partial charge in [-0.1, -0.05) is 30.3 Å². The average molecular weight is 447 g/mol. The number of rotatable bonds is 6. The molecule has 1 amide bonds. The van der Waals surface area contributed by atoms with Crippen molar-refractivity contribution in [2.24, 2.45) is 11.8 Å². The van der Waals surface area contributed by atoms with Gasteiger partial charge in [0.05, 0.1) is 16.5 Å². The number of anilines is 1. The van der Waals surface area contributed by atoms with Crippen LogP contribution in [0.25, 0.3) is 0 Å². The predicted octanol–water partition coefficient (Wildman–Crippen LogP) is 5.10. The highest BCUT2D eigenvalue weighted by Gasteiger charge is 2.37. The van der Waals surface area contributed by atoms with E-state index in [1.807, 2.05) is 30.3 Å². The number of amides is 1. The normalized spacial score (nSPS) is 18.3. The number of hydrogen-bond acceptors (Lipinski definition) is 4. The van der Waals surface area contributed by atoms with Gasteiger partial charge in [-0.25, -0.2) is 0 Å². The van der Waals surface area contributed by atoms with Gasteiger partial charge >= 0.3 is 6.18 Å². The van der Waals surface area contributed by atoms with Crippen LogP contribution in [0.5, 0.6) is 0 Å². The standard InChI is InChI=1S/C23H24F3N3O3/c24-23(25,26)18-8-9-19(20(14-18)29(31)32)28-12-10-17(11-13-28)22(30)27-21(16-6-7-16)15-4-2-1-3-5-15/h1-5,8-9,14,16-17,21H,6-7,10-13H2,(H,27,30). The molecule has 0 spiro atoms. The van der Waals surface area contributed by atoms with E-state index in [1.54, 1.807) is 4.90 Å². The van der Waals surface area contributed by atoms with E-state index < -0.39 is 22.4 Å². The summed E-state index contributed by atoms with van der Waals surface area (Å²) in [4.78, 5) is 25.2. The second kappa shape index (κ2) is 8.80. The third-order valence-corrected chi connectivity index (χ3v) is 6.26. The number of nitrogens with zero attached hydrogens (tertiary/aromatic N) is 2. The summed E-state index contributed by atoms with van der Waals surface area (Å²) in [5, 5.41) is 14.6. The van der Waals surface area contributed by atoms with Gasteiger partial charge in [0.2, 0.25) is 5.91 Å². The highest BCUT2D eigenvalue weighted by Crippen LogP contribution is 2.41. The third-order valence-electron chi connectivity index (χ3n) is 6.26. The molecule has 32 heavy (non-hydrogen) atoms. The highest BCUT2D eigenvalue weighted by molar-refractivity contribution is 5.79. The fourth-order valence-electron chi connectivity index (χ4n) is 4.33. The van der Waals surface area contributed by atoms with Crippen molar-refractivity contribution in [3.8, 4) is 0 Å². The first-order valence-electron chi connectivity index (χ1n) is 10.7. The van der Waals surface area contributed by atoms with Crippen LogP contribution in [0.4, 0.5) is 24.5 Å². The molecule has 0 bridgehead atoms. The summed E-state index contributed by atoms with van der Waals surface area (Å²) in [6.07, 6.45) is -1.52. The molecule has 6 nitrogen and oxygen atoms in total. The summed E-state index contributed by atoms with van der Waals surface area (Å²) in [6, 6.07) is 12.4. The zero-order valence-electron chi connectivity index (χ0n) is 17.3. The van der Waals surface area contributed by atoms with Gasteiger partial charge in [0.1, 0.15) is 5.69 Å². The van der Waals surface area contributed by atoms with Crippen LogP contribution in [-0.4, -0.2) is 23.9 Å². The number of nitro groups is 1. The molecule has 0 radical (unpaired) electrons. The largest absolute Gasteiger partial charge is 0.416 e. The number of halogens is 3. The minimum Gasteiger partial charge on any atom is -0.366 e. The lowest BCUT2D eigenvalue weighted by molar-refractivity contribution is -0.384. The summed E-state index contributed by atoms with van der Waals surface area (Å²) < 4.78 is 38.9. The Bertz CT molecular complexity index is 985. The van der Waals surface area contributed by atoms with Gasteiger partial charge in [-0.3, -0.25) is 14.9 Å². The van der Waals surface area contributed by atoms with E-state index in [1.165, 1.54) is 0 Å². The van der Waals surface area contributed by atoms with Crippen molar-refractivity contribution in [1.82, 2.24) is 5.32 Å². The first kappa shape index (κ1) is 22.1. The van der Waals surface area contributed by atoms with Crippen LogP contribution in [0.1, 0.15) is 42.9 Å². The van der Waals surface area contributed by atoms with Crippen molar-refractivity contribution in [3.05, 3.63) is 69.8 Å². The minimum absolute atomic E-state index is 0.0160. The maximum absolute atomic E-state index is 13.0. The number of alkyl halides is 3. The summed E-state index contributed by atoms with van der Waals surface area (Å²) in [6.45, 7) is 0.730. The second-order valence-corrected chi connectivity index (χ2v) is 8.45. The Kier molecular flexibility index (Phi) is 6.08. The number of piperidine rings is 1. The molecule has 2 fully saturated rings. The molecule has 2 aromatic rings. The van der Waals surface area contributed by atoms with E-state index in [2.05, 4.69) is 5.32 Å². The number of hydrogen-bond donors (Lipinski definition) is 1. The van der Waals surface area contributed by atoms with Crippen molar-refractivity contribution < 1.29 is 22.9 Å². The van der Waals surface area contributed by atoms with Crippen molar-refractivity contribution in [1.29, 1.82) is 0 Å². The molecule has 170 valence electrons. The van der Waals surface area contributed by atoms with Crippen molar-refractivity contribution in [3.63, 3.8) is 0 Å². The van der Waals surface area contributed by atoms with E-state index in [0.717, 1.165) is 30.5 Å². The Balaban J connectivity index is 1.42. The summed E-state index contributed by atoms with van der Waals surface area (Å²) >= 11 is 0. The molecule has 1 N–H and O–H groups in total. The molecular weight excluding hydrogens is 423 g/mol. The Morgan fingerprint density at radius 2 is 1.72 bits per heavy atom. The summed E-state index contributed by atoms with van der Waals surface area (Å²) in [5.41, 5.74) is -0.377. The van der Waals surface area contributed by atoms with E-state index in [-0.39, 0.29) is 23.6 Å².